The van der Waals surface area contributed by atoms with Crippen molar-refractivity contribution in [1.82, 2.24) is 20.0 Å². The summed E-state index contributed by atoms with van der Waals surface area (Å²) in [6.07, 6.45) is 2.26. The van der Waals surface area contributed by atoms with Crippen molar-refractivity contribution in [2.45, 2.75) is 39.7 Å². The maximum atomic E-state index is 5.52. The lowest BCUT2D eigenvalue weighted by atomic mass is 10.1. The number of hydrogen-bond acceptors (Lipinski definition) is 5. The van der Waals surface area contributed by atoms with E-state index in [4.69, 9.17) is 4.42 Å². The van der Waals surface area contributed by atoms with Gasteiger partial charge in [0.15, 0.2) is 0 Å². The predicted octanol–water partition coefficient (Wildman–Crippen LogP) is 2.03. The fourth-order valence-corrected chi connectivity index (χ4v) is 2.76. The normalized spacial score (nSPS) is 19.9. The number of aryl methyl sites for hydroxylation is 3. The van der Waals surface area contributed by atoms with Crippen LogP contribution in [0, 0.1) is 20.8 Å². The van der Waals surface area contributed by atoms with Gasteiger partial charge in [0.2, 0.25) is 5.89 Å². The van der Waals surface area contributed by atoms with E-state index in [1.165, 1.54) is 5.69 Å². The van der Waals surface area contributed by atoms with Crippen LogP contribution in [-0.4, -0.2) is 33.1 Å². The average molecular weight is 261 g/mol. The van der Waals surface area contributed by atoms with Crippen molar-refractivity contribution >= 4 is 6.01 Å². The SMILES string of the molecule is Cc1cc(C)n(C2CCCN(c3nnc(C)o3)C2)n1. The molecule has 3 rings (SSSR count). The Morgan fingerprint density at radius 1 is 1.26 bits per heavy atom. The highest BCUT2D eigenvalue weighted by Crippen LogP contribution is 2.26. The van der Waals surface area contributed by atoms with Crippen LogP contribution in [0.5, 0.6) is 0 Å². The summed E-state index contributed by atoms with van der Waals surface area (Å²) in [6.45, 7) is 7.81. The Hall–Kier alpha value is -1.85. The molecule has 1 aliphatic rings. The molecule has 0 N–H and O–H groups in total. The summed E-state index contributed by atoms with van der Waals surface area (Å²) in [5, 5.41) is 12.6. The van der Waals surface area contributed by atoms with Crippen LogP contribution >= 0.6 is 0 Å². The van der Waals surface area contributed by atoms with Crippen LogP contribution in [0.4, 0.5) is 6.01 Å². The van der Waals surface area contributed by atoms with Crippen molar-refractivity contribution in [2.75, 3.05) is 18.0 Å². The van der Waals surface area contributed by atoms with E-state index in [1.807, 2.05) is 13.8 Å². The number of anilines is 1. The van der Waals surface area contributed by atoms with Crippen LogP contribution in [-0.2, 0) is 0 Å². The fraction of sp³-hybridized carbons (Fsp3) is 0.615. The van der Waals surface area contributed by atoms with Crippen molar-refractivity contribution in [1.29, 1.82) is 0 Å². The van der Waals surface area contributed by atoms with Crippen LogP contribution in [0.3, 0.4) is 0 Å². The zero-order valence-electron chi connectivity index (χ0n) is 11.6. The van der Waals surface area contributed by atoms with Crippen molar-refractivity contribution in [3.8, 4) is 0 Å². The average Bonchev–Trinajstić information content (AvgIpc) is 2.96. The Bertz CT molecular complexity index is 573. The first-order valence-electron chi connectivity index (χ1n) is 6.71. The van der Waals surface area contributed by atoms with Crippen molar-refractivity contribution in [2.24, 2.45) is 0 Å². The molecule has 0 saturated carbocycles. The lowest BCUT2D eigenvalue weighted by Gasteiger charge is -2.32. The topological polar surface area (TPSA) is 60.0 Å². The van der Waals surface area contributed by atoms with E-state index in [0.717, 1.165) is 31.6 Å². The van der Waals surface area contributed by atoms with Crippen LogP contribution in [0.25, 0.3) is 0 Å². The number of rotatable bonds is 2. The van der Waals surface area contributed by atoms with Gasteiger partial charge in [0, 0.05) is 25.7 Å². The highest BCUT2D eigenvalue weighted by atomic mass is 16.4. The molecule has 1 aliphatic heterocycles. The zero-order valence-corrected chi connectivity index (χ0v) is 11.6. The smallest absolute Gasteiger partial charge is 0.318 e. The molecule has 0 bridgehead atoms. The Balaban J connectivity index is 1.80. The summed E-state index contributed by atoms with van der Waals surface area (Å²) in [5.41, 5.74) is 2.29. The highest BCUT2D eigenvalue weighted by Gasteiger charge is 2.25. The minimum absolute atomic E-state index is 0.384. The minimum Gasteiger partial charge on any atom is -0.408 e. The van der Waals surface area contributed by atoms with Gasteiger partial charge >= 0.3 is 6.01 Å². The van der Waals surface area contributed by atoms with Gasteiger partial charge in [-0.05, 0) is 32.8 Å². The Morgan fingerprint density at radius 2 is 2.11 bits per heavy atom. The van der Waals surface area contributed by atoms with Crippen molar-refractivity contribution < 1.29 is 4.42 Å². The molecule has 0 aromatic carbocycles. The maximum Gasteiger partial charge on any atom is 0.318 e. The van der Waals surface area contributed by atoms with Gasteiger partial charge in [0.05, 0.1) is 11.7 Å². The molecule has 1 saturated heterocycles. The van der Waals surface area contributed by atoms with Crippen LogP contribution in [0.2, 0.25) is 0 Å². The molecule has 102 valence electrons. The number of aromatic nitrogens is 4. The van der Waals surface area contributed by atoms with Gasteiger partial charge in [-0.25, -0.2) is 0 Å². The highest BCUT2D eigenvalue weighted by molar-refractivity contribution is 5.25. The second-order valence-corrected chi connectivity index (χ2v) is 5.22. The van der Waals surface area contributed by atoms with E-state index in [0.29, 0.717) is 17.9 Å². The lowest BCUT2D eigenvalue weighted by Crippen LogP contribution is -2.37. The maximum absolute atomic E-state index is 5.52. The van der Waals surface area contributed by atoms with Crippen LogP contribution < -0.4 is 4.90 Å². The Kier molecular flexibility index (Phi) is 3.00. The third-order valence-corrected chi connectivity index (χ3v) is 3.57. The zero-order chi connectivity index (χ0) is 13.4. The van der Waals surface area contributed by atoms with Gasteiger partial charge in [-0.3, -0.25) is 4.68 Å². The largest absolute Gasteiger partial charge is 0.408 e. The van der Waals surface area contributed by atoms with E-state index in [1.54, 1.807) is 0 Å². The number of hydrogen-bond donors (Lipinski definition) is 0. The molecule has 6 nitrogen and oxygen atoms in total. The quantitative estimate of drug-likeness (QED) is 0.827. The monoisotopic (exact) mass is 261 g/mol. The van der Waals surface area contributed by atoms with Crippen LogP contribution in [0.15, 0.2) is 10.5 Å². The molecule has 0 aliphatic carbocycles. The molecule has 0 radical (unpaired) electrons. The van der Waals surface area contributed by atoms with Crippen molar-refractivity contribution in [3.63, 3.8) is 0 Å². The predicted molar refractivity (Wildman–Crippen MR) is 71.2 cm³/mol. The van der Waals surface area contributed by atoms with E-state index >= 15 is 0 Å². The summed E-state index contributed by atoms with van der Waals surface area (Å²) >= 11 is 0. The Labute approximate surface area is 112 Å². The summed E-state index contributed by atoms with van der Waals surface area (Å²) in [6, 6.07) is 3.13. The summed E-state index contributed by atoms with van der Waals surface area (Å²) in [5.74, 6) is 0.614. The third kappa shape index (κ3) is 2.34. The lowest BCUT2D eigenvalue weighted by molar-refractivity contribution is 0.354. The molecule has 0 spiro atoms. The molecule has 1 fully saturated rings. The first-order chi connectivity index (χ1) is 9.13. The fourth-order valence-electron chi connectivity index (χ4n) is 2.76. The molecule has 1 atom stereocenters. The molecule has 3 heterocycles. The molecular weight excluding hydrogens is 242 g/mol. The third-order valence-electron chi connectivity index (χ3n) is 3.57. The van der Waals surface area contributed by atoms with Gasteiger partial charge in [-0.2, -0.15) is 5.10 Å². The minimum atomic E-state index is 0.384. The molecular formula is C13H19N5O. The Morgan fingerprint density at radius 3 is 2.74 bits per heavy atom. The molecule has 19 heavy (non-hydrogen) atoms. The second-order valence-electron chi connectivity index (χ2n) is 5.22. The van der Waals surface area contributed by atoms with Gasteiger partial charge in [0.25, 0.3) is 0 Å². The molecule has 6 heteroatoms. The molecule has 2 aromatic rings. The molecule has 1 unspecified atom stereocenters. The van der Waals surface area contributed by atoms with Crippen molar-refractivity contribution in [3.05, 3.63) is 23.3 Å². The van der Waals surface area contributed by atoms with Gasteiger partial charge in [-0.15, -0.1) is 5.10 Å². The van der Waals surface area contributed by atoms with E-state index in [-0.39, 0.29) is 0 Å². The number of piperidine rings is 1. The number of nitrogens with zero attached hydrogens (tertiary/aromatic N) is 5. The summed E-state index contributed by atoms with van der Waals surface area (Å²) in [7, 11) is 0. The summed E-state index contributed by atoms with van der Waals surface area (Å²) in [4.78, 5) is 2.16. The van der Waals surface area contributed by atoms with E-state index in [2.05, 4.69) is 37.9 Å². The van der Waals surface area contributed by atoms with Gasteiger partial charge in [0.1, 0.15) is 0 Å². The standard InChI is InChI=1S/C13H19N5O/c1-9-7-10(2)18(16-9)12-5-4-6-17(8-12)13-15-14-11(3)19-13/h7,12H,4-6,8H2,1-3H3. The first-order valence-corrected chi connectivity index (χ1v) is 6.71. The van der Waals surface area contributed by atoms with Gasteiger partial charge < -0.3 is 9.32 Å². The molecule has 0 amide bonds. The molecule has 2 aromatic heterocycles. The van der Waals surface area contributed by atoms with Gasteiger partial charge in [-0.1, -0.05) is 5.10 Å². The second kappa shape index (κ2) is 4.68. The van der Waals surface area contributed by atoms with E-state index in [9.17, 15) is 0 Å². The first kappa shape index (κ1) is 12.2. The van der Waals surface area contributed by atoms with E-state index < -0.39 is 0 Å². The van der Waals surface area contributed by atoms with Crippen LogP contribution in [0.1, 0.15) is 36.2 Å². The summed E-state index contributed by atoms with van der Waals surface area (Å²) < 4.78 is 7.65.